The second-order valence-electron chi connectivity index (χ2n) is 7.92. The van der Waals surface area contributed by atoms with Crippen LogP contribution in [0, 0.1) is 13.8 Å². The molecule has 0 fully saturated rings. The van der Waals surface area contributed by atoms with Crippen LogP contribution in [0.1, 0.15) is 28.4 Å². The van der Waals surface area contributed by atoms with E-state index in [9.17, 15) is 9.59 Å². The first-order valence-corrected chi connectivity index (χ1v) is 10.6. The molecule has 1 heterocycles. The summed E-state index contributed by atoms with van der Waals surface area (Å²) < 4.78 is 11.6. The van der Waals surface area contributed by atoms with Crippen molar-refractivity contribution in [1.82, 2.24) is 0 Å². The molecule has 1 N–H and O–H groups in total. The first kappa shape index (κ1) is 21.4. The van der Waals surface area contributed by atoms with Crippen LogP contribution in [0.3, 0.4) is 0 Å². The maximum atomic E-state index is 12.7. The first-order valence-electron chi connectivity index (χ1n) is 10.6. The van der Waals surface area contributed by atoms with E-state index in [1.165, 1.54) is 0 Å². The highest BCUT2D eigenvalue weighted by Crippen LogP contribution is 2.36. The van der Waals surface area contributed by atoms with E-state index in [1.807, 2.05) is 56.3 Å². The highest BCUT2D eigenvalue weighted by Gasteiger charge is 2.31. The van der Waals surface area contributed by atoms with Gasteiger partial charge in [0.1, 0.15) is 18.1 Å². The lowest BCUT2D eigenvalue weighted by molar-refractivity contribution is -0.125. The fourth-order valence-corrected chi connectivity index (χ4v) is 3.67. The van der Waals surface area contributed by atoms with E-state index in [-0.39, 0.29) is 11.8 Å². The number of anilines is 2. The smallest absolute Gasteiger partial charge is 0.267 e. The predicted octanol–water partition coefficient (Wildman–Crippen LogP) is 4.75. The van der Waals surface area contributed by atoms with Crippen molar-refractivity contribution in [3.05, 3.63) is 83.4 Å². The predicted molar refractivity (Wildman–Crippen MR) is 125 cm³/mol. The van der Waals surface area contributed by atoms with Crippen LogP contribution < -0.4 is 19.7 Å². The molecule has 0 aliphatic carbocycles. The SMILES string of the molecule is Cc1cccc(OCCN2C(=O)C(C)Oc3cc(NC(=O)c4cccc(C)c4)ccc32)c1. The average molecular weight is 431 g/mol. The molecule has 3 aromatic carbocycles. The zero-order valence-electron chi connectivity index (χ0n) is 18.4. The Morgan fingerprint density at radius 2 is 1.78 bits per heavy atom. The van der Waals surface area contributed by atoms with Crippen LogP contribution in [0.2, 0.25) is 0 Å². The molecule has 1 aliphatic heterocycles. The second-order valence-corrected chi connectivity index (χ2v) is 7.92. The van der Waals surface area contributed by atoms with Gasteiger partial charge in [-0.1, -0.05) is 29.8 Å². The second kappa shape index (κ2) is 9.14. The third-order valence-corrected chi connectivity index (χ3v) is 5.28. The summed E-state index contributed by atoms with van der Waals surface area (Å²) in [6.07, 6.45) is -0.621. The summed E-state index contributed by atoms with van der Waals surface area (Å²) in [5.74, 6) is 1.00. The van der Waals surface area contributed by atoms with Crippen molar-refractivity contribution in [2.45, 2.75) is 26.9 Å². The highest BCUT2D eigenvalue weighted by molar-refractivity contribution is 6.05. The van der Waals surface area contributed by atoms with Crippen LogP contribution in [-0.4, -0.2) is 31.1 Å². The Balaban J connectivity index is 1.48. The Hall–Kier alpha value is -3.80. The lowest BCUT2D eigenvalue weighted by Gasteiger charge is -2.33. The number of ether oxygens (including phenoxy) is 2. The van der Waals surface area contributed by atoms with E-state index in [1.54, 1.807) is 36.1 Å². The lowest BCUT2D eigenvalue weighted by atomic mass is 10.1. The third-order valence-electron chi connectivity index (χ3n) is 5.28. The standard InChI is InChI=1S/C26H26N2O4/c1-17-6-4-8-20(14-17)25(29)27-21-10-11-23-24(16-21)32-19(3)26(30)28(23)12-13-31-22-9-5-7-18(2)15-22/h4-11,14-16,19H,12-13H2,1-3H3,(H,27,29). The molecule has 0 saturated carbocycles. The highest BCUT2D eigenvalue weighted by atomic mass is 16.5. The molecule has 4 rings (SSSR count). The molecule has 32 heavy (non-hydrogen) atoms. The quantitative estimate of drug-likeness (QED) is 0.613. The van der Waals surface area contributed by atoms with Crippen molar-refractivity contribution in [3.8, 4) is 11.5 Å². The van der Waals surface area contributed by atoms with Crippen molar-refractivity contribution >= 4 is 23.2 Å². The number of benzene rings is 3. The molecule has 0 aromatic heterocycles. The molecular weight excluding hydrogens is 404 g/mol. The number of rotatable bonds is 6. The van der Waals surface area contributed by atoms with Crippen molar-refractivity contribution in [1.29, 1.82) is 0 Å². The molecule has 0 spiro atoms. The van der Waals surface area contributed by atoms with Crippen molar-refractivity contribution in [2.75, 3.05) is 23.4 Å². The molecule has 6 nitrogen and oxygen atoms in total. The van der Waals surface area contributed by atoms with Gasteiger partial charge in [-0.15, -0.1) is 0 Å². The Morgan fingerprint density at radius 3 is 2.53 bits per heavy atom. The molecule has 6 heteroatoms. The van der Waals surface area contributed by atoms with Gasteiger partial charge >= 0.3 is 0 Å². The molecule has 164 valence electrons. The fourth-order valence-electron chi connectivity index (χ4n) is 3.67. The van der Waals surface area contributed by atoms with E-state index in [0.29, 0.717) is 35.8 Å². The minimum atomic E-state index is -0.621. The number of carbonyl (C=O) groups excluding carboxylic acids is 2. The summed E-state index contributed by atoms with van der Waals surface area (Å²) in [5.41, 5.74) is 3.98. The summed E-state index contributed by atoms with van der Waals surface area (Å²) in [7, 11) is 0. The normalized spacial score (nSPS) is 15.0. The van der Waals surface area contributed by atoms with Gasteiger partial charge in [0.25, 0.3) is 11.8 Å². The number of carbonyl (C=O) groups is 2. The molecule has 3 aromatic rings. The minimum absolute atomic E-state index is 0.123. The van der Waals surface area contributed by atoms with E-state index in [2.05, 4.69) is 5.32 Å². The zero-order chi connectivity index (χ0) is 22.7. The number of aryl methyl sites for hydroxylation is 2. The number of fused-ring (bicyclic) bond motifs is 1. The van der Waals surface area contributed by atoms with Gasteiger partial charge < -0.3 is 19.7 Å². The molecule has 0 radical (unpaired) electrons. The average Bonchev–Trinajstić information content (AvgIpc) is 2.76. The topological polar surface area (TPSA) is 67.9 Å². The van der Waals surface area contributed by atoms with Gasteiger partial charge in [0.2, 0.25) is 0 Å². The Kier molecular flexibility index (Phi) is 6.12. The van der Waals surface area contributed by atoms with E-state index < -0.39 is 6.10 Å². The number of hydrogen-bond donors (Lipinski definition) is 1. The summed E-state index contributed by atoms with van der Waals surface area (Å²) in [5, 5.41) is 2.90. The van der Waals surface area contributed by atoms with Gasteiger partial charge in [-0.05, 0) is 62.7 Å². The van der Waals surface area contributed by atoms with Gasteiger partial charge in [0.05, 0.1) is 12.2 Å². The lowest BCUT2D eigenvalue weighted by Crippen LogP contribution is -2.46. The number of amides is 2. The van der Waals surface area contributed by atoms with Gasteiger partial charge in [-0.3, -0.25) is 9.59 Å². The third kappa shape index (κ3) is 4.75. The molecule has 0 bridgehead atoms. The van der Waals surface area contributed by atoms with Gasteiger partial charge in [0.15, 0.2) is 6.10 Å². The van der Waals surface area contributed by atoms with E-state index in [4.69, 9.17) is 9.47 Å². The Morgan fingerprint density at radius 1 is 1.03 bits per heavy atom. The van der Waals surface area contributed by atoms with Crippen LogP contribution in [0.5, 0.6) is 11.5 Å². The Labute approximate surface area is 187 Å². The van der Waals surface area contributed by atoms with Crippen LogP contribution in [0.25, 0.3) is 0 Å². The van der Waals surface area contributed by atoms with Crippen LogP contribution in [-0.2, 0) is 4.79 Å². The van der Waals surface area contributed by atoms with Crippen LogP contribution in [0.4, 0.5) is 11.4 Å². The van der Waals surface area contributed by atoms with Crippen LogP contribution in [0.15, 0.2) is 66.7 Å². The van der Waals surface area contributed by atoms with Crippen LogP contribution >= 0.6 is 0 Å². The van der Waals surface area contributed by atoms with Gasteiger partial charge in [0, 0.05) is 17.3 Å². The van der Waals surface area contributed by atoms with Gasteiger partial charge in [-0.25, -0.2) is 0 Å². The van der Waals surface area contributed by atoms with E-state index in [0.717, 1.165) is 16.9 Å². The number of nitrogens with one attached hydrogen (secondary N) is 1. The molecule has 2 amide bonds. The number of hydrogen-bond acceptors (Lipinski definition) is 4. The molecular formula is C26H26N2O4. The largest absolute Gasteiger partial charge is 0.492 e. The van der Waals surface area contributed by atoms with Crippen molar-refractivity contribution in [3.63, 3.8) is 0 Å². The molecule has 1 unspecified atom stereocenters. The summed E-state index contributed by atoms with van der Waals surface area (Å²) >= 11 is 0. The summed E-state index contributed by atoms with van der Waals surface area (Å²) in [4.78, 5) is 27.0. The molecule has 0 saturated heterocycles. The summed E-state index contributed by atoms with van der Waals surface area (Å²) in [6, 6.07) is 20.5. The molecule has 1 atom stereocenters. The Bertz CT molecular complexity index is 1160. The first-order chi connectivity index (χ1) is 15.4. The van der Waals surface area contributed by atoms with Crippen molar-refractivity contribution < 1.29 is 19.1 Å². The van der Waals surface area contributed by atoms with Crippen molar-refractivity contribution in [2.24, 2.45) is 0 Å². The number of nitrogens with zero attached hydrogens (tertiary/aromatic N) is 1. The monoisotopic (exact) mass is 430 g/mol. The summed E-state index contributed by atoms with van der Waals surface area (Å²) in [6.45, 7) is 6.41. The zero-order valence-corrected chi connectivity index (χ0v) is 18.4. The van der Waals surface area contributed by atoms with Gasteiger partial charge in [-0.2, -0.15) is 0 Å². The van der Waals surface area contributed by atoms with E-state index >= 15 is 0 Å². The minimum Gasteiger partial charge on any atom is -0.492 e. The maximum absolute atomic E-state index is 12.7. The maximum Gasteiger partial charge on any atom is 0.267 e. The fraction of sp³-hybridized carbons (Fsp3) is 0.231. The molecule has 1 aliphatic rings.